The van der Waals surface area contributed by atoms with Crippen LogP contribution in [-0.2, 0) is 4.79 Å². The lowest BCUT2D eigenvalue weighted by Crippen LogP contribution is -2.21. The molecule has 0 bridgehead atoms. The van der Waals surface area contributed by atoms with Gasteiger partial charge < -0.3 is 14.8 Å². The third kappa shape index (κ3) is 4.94. The van der Waals surface area contributed by atoms with Crippen LogP contribution in [0.2, 0.25) is 0 Å². The Morgan fingerprint density at radius 3 is 2.50 bits per heavy atom. The van der Waals surface area contributed by atoms with Gasteiger partial charge in [0.2, 0.25) is 5.91 Å². The summed E-state index contributed by atoms with van der Waals surface area (Å²) in [6, 6.07) is 18.2. The molecule has 3 aromatic carbocycles. The van der Waals surface area contributed by atoms with Crippen molar-refractivity contribution in [3.63, 3.8) is 0 Å². The first-order valence-electron chi connectivity index (χ1n) is 9.35. The Balaban J connectivity index is 1.63. The fourth-order valence-corrected chi connectivity index (χ4v) is 3.00. The molecule has 0 saturated heterocycles. The Labute approximate surface area is 174 Å². The predicted octanol–water partition coefficient (Wildman–Crippen LogP) is 3.99. The van der Waals surface area contributed by atoms with Crippen LogP contribution >= 0.6 is 0 Å². The van der Waals surface area contributed by atoms with E-state index in [4.69, 9.17) is 9.47 Å². The zero-order valence-corrected chi connectivity index (χ0v) is 17.1. The van der Waals surface area contributed by atoms with E-state index in [-0.39, 0.29) is 18.2 Å². The number of hydrogen-bond donors (Lipinski definition) is 2. The fourth-order valence-electron chi connectivity index (χ4n) is 3.00. The first-order valence-corrected chi connectivity index (χ1v) is 9.35. The highest BCUT2D eigenvalue weighted by Crippen LogP contribution is 2.29. The van der Waals surface area contributed by atoms with Gasteiger partial charge in [0.15, 0.2) is 0 Å². The van der Waals surface area contributed by atoms with Crippen molar-refractivity contribution in [2.45, 2.75) is 13.3 Å². The molecule has 0 heterocycles. The molecule has 2 amide bonds. The molecule has 3 aromatic rings. The summed E-state index contributed by atoms with van der Waals surface area (Å²) in [6.45, 7) is 1.67. The van der Waals surface area contributed by atoms with Crippen LogP contribution in [0.25, 0.3) is 10.8 Å². The summed E-state index contributed by atoms with van der Waals surface area (Å²) in [4.78, 5) is 24.9. The van der Waals surface area contributed by atoms with Gasteiger partial charge >= 0.3 is 0 Å². The Kier molecular flexibility index (Phi) is 6.64. The van der Waals surface area contributed by atoms with Crippen LogP contribution in [-0.4, -0.2) is 31.7 Å². The van der Waals surface area contributed by atoms with Gasteiger partial charge in [-0.15, -0.1) is 0 Å². The second kappa shape index (κ2) is 9.56. The highest BCUT2D eigenvalue weighted by molar-refractivity contribution is 6.09. The number of nitrogens with one attached hydrogen (secondary N) is 2. The van der Waals surface area contributed by atoms with Gasteiger partial charge in [0.1, 0.15) is 11.5 Å². The molecule has 3 rings (SSSR count). The monoisotopic (exact) mass is 405 g/mol. The van der Waals surface area contributed by atoms with Crippen molar-refractivity contribution in [3.05, 3.63) is 66.2 Å². The van der Waals surface area contributed by atoms with Gasteiger partial charge in [0.05, 0.1) is 26.3 Å². The van der Waals surface area contributed by atoms with Gasteiger partial charge in [0, 0.05) is 17.3 Å². The third-order valence-corrected chi connectivity index (χ3v) is 4.48. The smallest absolute Gasteiger partial charge is 0.271 e. The maximum Gasteiger partial charge on any atom is 0.271 e. The maximum atomic E-state index is 12.5. The van der Waals surface area contributed by atoms with Gasteiger partial charge in [-0.05, 0) is 35.9 Å². The second-order valence-corrected chi connectivity index (χ2v) is 6.61. The third-order valence-electron chi connectivity index (χ3n) is 4.48. The first kappa shape index (κ1) is 20.9. The molecule has 0 saturated carbocycles. The highest BCUT2D eigenvalue weighted by Gasteiger charge is 2.12. The number of ether oxygens (including phenoxy) is 2. The summed E-state index contributed by atoms with van der Waals surface area (Å²) in [7, 11) is 3.07. The average Bonchev–Trinajstić information content (AvgIpc) is 2.77. The molecule has 0 aliphatic rings. The van der Waals surface area contributed by atoms with E-state index >= 15 is 0 Å². The molecule has 0 radical (unpaired) electrons. The molecule has 7 nitrogen and oxygen atoms in total. The minimum atomic E-state index is -0.330. The SMILES string of the molecule is COc1ccc(NC(=O)CC(C)=NNC(=O)c2cccc3ccccc23)c(OC)c1. The number of amides is 2. The van der Waals surface area contributed by atoms with Gasteiger partial charge in [-0.25, -0.2) is 5.43 Å². The lowest BCUT2D eigenvalue weighted by molar-refractivity contribution is -0.115. The van der Waals surface area contributed by atoms with Crippen LogP contribution in [0.5, 0.6) is 11.5 Å². The van der Waals surface area contributed by atoms with Gasteiger partial charge in [-0.2, -0.15) is 5.10 Å². The molecule has 7 heteroatoms. The summed E-state index contributed by atoms with van der Waals surface area (Å²) >= 11 is 0. The highest BCUT2D eigenvalue weighted by atomic mass is 16.5. The summed E-state index contributed by atoms with van der Waals surface area (Å²) in [5.74, 6) is 0.503. The molecule has 0 aromatic heterocycles. The minimum absolute atomic E-state index is 0.0189. The number of carbonyl (C=O) groups excluding carboxylic acids is 2. The minimum Gasteiger partial charge on any atom is -0.497 e. The van der Waals surface area contributed by atoms with Crippen molar-refractivity contribution in [3.8, 4) is 11.5 Å². The molecule has 0 fully saturated rings. The van der Waals surface area contributed by atoms with Crippen LogP contribution in [0.15, 0.2) is 65.8 Å². The number of nitrogens with zero attached hydrogens (tertiary/aromatic N) is 1. The Hall–Kier alpha value is -3.87. The zero-order valence-electron chi connectivity index (χ0n) is 17.1. The summed E-state index contributed by atoms with van der Waals surface area (Å²) < 4.78 is 10.4. The molecular weight excluding hydrogens is 382 g/mol. The number of methoxy groups -OCH3 is 2. The van der Waals surface area contributed by atoms with E-state index in [1.807, 2.05) is 36.4 Å². The second-order valence-electron chi connectivity index (χ2n) is 6.61. The van der Waals surface area contributed by atoms with Crippen molar-refractivity contribution in [2.75, 3.05) is 19.5 Å². The molecule has 0 unspecified atom stereocenters. The standard InChI is InChI=1S/C23H23N3O4/c1-15(13-22(27)24-20-12-11-17(29-2)14-21(20)30-3)25-26-23(28)19-10-6-8-16-7-4-5-9-18(16)19/h4-12,14H,13H2,1-3H3,(H,24,27)(H,26,28). The normalized spacial score (nSPS) is 11.1. The van der Waals surface area contributed by atoms with Gasteiger partial charge in [0.25, 0.3) is 5.91 Å². The van der Waals surface area contributed by atoms with E-state index < -0.39 is 0 Å². The zero-order chi connectivity index (χ0) is 21.5. The Morgan fingerprint density at radius 2 is 1.73 bits per heavy atom. The topological polar surface area (TPSA) is 89.0 Å². The molecule has 0 atom stereocenters. The first-order chi connectivity index (χ1) is 14.5. The van der Waals surface area contributed by atoms with Crippen molar-refractivity contribution in [1.82, 2.24) is 5.43 Å². The lowest BCUT2D eigenvalue weighted by Gasteiger charge is -2.11. The molecule has 0 aliphatic carbocycles. The molecule has 0 aliphatic heterocycles. The number of rotatable bonds is 7. The van der Waals surface area contributed by atoms with Crippen molar-refractivity contribution < 1.29 is 19.1 Å². The average molecular weight is 405 g/mol. The molecular formula is C23H23N3O4. The van der Waals surface area contributed by atoms with Crippen molar-refractivity contribution >= 4 is 34.0 Å². The van der Waals surface area contributed by atoms with Gasteiger partial charge in [-0.1, -0.05) is 36.4 Å². The number of carbonyl (C=O) groups is 2. The number of hydrogen-bond acceptors (Lipinski definition) is 5. The number of fused-ring (bicyclic) bond motifs is 1. The van der Waals surface area contributed by atoms with E-state index in [1.165, 1.54) is 7.11 Å². The molecule has 154 valence electrons. The number of hydrazone groups is 1. The molecule has 0 spiro atoms. The largest absolute Gasteiger partial charge is 0.497 e. The van der Waals surface area contributed by atoms with E-state index in [0.29, 0.717) is 28.5 Å². The van der Waals surface area contributed by atoms with Crippen LogP contribution in [0, 0.1) is 0 Å². The lowest BCUT2D eigenvalue weighted by atomic mass is 10.0. The molecule has 30 heavy (non-hydrogen) atoms. The van der Waals surface area contributed by atoms with E-state index in [0.717, 1.165) is 10.8 Å². The van der Waals surface area contributed by atoms with E-state index in [9.17, 15) is 9.59 Å². The number of anilines is 1. The molecule has 2 N–H and O–H groups in total. The maximum absolute atomic E-state index is 12.5. The Bertz CT molecular complexity index is 1100. The van der Waals surface area contributed by atoms with Crippen LogP contribution in [0.4, 0.5) is 5.69 Å². The fraction of sp³-hybridized carbons (Fsp3) is 0.174. The summed E-state index contributed by atoms with van der Waals surface area (Å²) in [5.41, 5.74) is 4.04. The van der Waals surface area contributed by atoms with Crippen LogP contribution < -0.4 is 20.2 Å². The van der Waals surface area contributed by atoms with Gasteiger partial charge in [-0.3, -0.25) is 9.59 Å². The van der Waals surface area contributed by atoms with Crippen molar-refractivity contribution in [1.29, 1.82) is 0 Å². The van der Waals surface area contributed by atoms with Crippen LogP contribution in [0.3, 0.4) is 0 Å². The predicted molar refractivity (Wildman–Crippen MR) is 117 cm³/mol. The quantitative estimate of drug-likeness (QED) is 0.459. The summed E-state index contributed by atoms with van der Waals surface area (Å²) in [5, 5.41) is 8.65. The van der Waals surface area contributed by atoms with Crippen LogP contribution in [0.1, 0.15) is 23.7 Å². The van der Waals surface area contributed by atoms with E-state index in [1.54, 1.807) is 38.3 Å². The number of benzene rings is 3. The van der Waals surface area contributed by atoms with Crippen molar-refractivity contribution in [2.24, 2.45) is 5.10 Å². The van der Waals surface area contributed by atoms with E-state index in [2.05, 4.69) is 15.8 Å². The summed E-state index contributed by atoms with van der Waals surface area (Å²) in [6.07, 6.45) is 0.0189. The Morgan fingerprint density at radius 1 is 0.967 bits per heavy atom.